The lowest BCUT2D eigenvalue weighted by atomic mass is 10.00. The van der Waals surface area contributed by atoms with Crippen molar-refractivity contribution in [2.24, 2.45) is 5.92 Å². The highest BCUT2D eigenvalue weighted by Gasteiger charge is 2.27. The third-order valence-corrected chi connectivity index (χ3v) is 7.74. The van der Waals surface area contributed by atoms with E-state index in [4.69, 9.17) is 9.47 Å². The van der Waals surface area contributed by atoms with Crippen LogP contribution in [-0.4, -0.2) is 55.4 Å². The summed E-state index contributed by atoms with van der Waals surface area (Å²) in [5.74, 6) is 0.848. The highest BCUT2D eigenvalue weighted by molar-refractivity contribution is 6.12. The van der Waals surface area contributed by atoms with E-state index in [0.29, 0.717) is 54.5 Å². The smallest absolute Gasteiger partial charge is 0.328 e. The molecule has 1 fully saturated rings. The molecule has 1 aliphatic carbocycles. The van der Waals surface area contributed by atoms with Crippen LogP contribution in [0.15, 0.2) is 109 Å². The zero-order valence-electron chi connectivity index (χ0n) is 25.0. The van der Waals surface area contributed by atoms with Gasteiger partial charge in [0, 0.05) is 29.8 Å². The Labute approximate surface area is 258 Å². The van der Waals surface area contributed by atoms with Crippen LogP contribution < -0.4 is 10.1 Å². The van der Waals surface area contributed by atoms with Crippen molar-refractivity contribution >= 4 is 23.3 Å². The number of rotatable bonds is 15. The van der Waals surface area contributed by atoms with E-state index in [1.807, 2.05) is 83.8 Å². The molecule has 7 nitrogen and oxygen atoms in total. The van der Waals surface area contributed by atoms with Gasteiger partial charge < -0.3 is 19.7 Å². The number of ether oxygens (including phenoxy) is 2. The molecule has 1 N–H and O–H groups in total. The second-order valence-corrected chi connectivity index (χ2v) is 11.1. The van der Waals surface area contributed by atoms with E-state index in [1.165, 1.54) is 20.0 Å². The number of carbonyl (C=O) groups excluding carboxylic acids is 3. The fourth-order valence-corrected chi connectivity index (χ4v) is 5.12. The fraction of sp³-hybridized carbons (Fsp3) is 0.270. The normalized spacial score (nSPS) is 13.0. The average molecular weight is 591 g/mol. The zero-order chi connectivity index (χ0) is 30.7. The van der Waals surface area contributed by atoms with Crippen molar-refractivity contribution in [3.63, 3.8) is 0 Å². The van der Waals surface area contributed by atoms with Gasteiger partial charge in [0.1, 0.15) is 18.4 Å². The van der Waals surface area contributed by atoms with E-state index in [9.17, 15) is 14.4 Å². The number of methoxy groups -OCH3 is 1. The van der Waals surface area contributed by atoms with Crippen LogP contribution in [0.1, 0.15) is 39.9 Å². The molecule has 0 spiro atoms. The van der Waals surface area contributed by atoms with Crippen LogP contribution in [0.25, 0.3) is 0 Å². The minimum atomic E-state index is -0.705. The molecular weight excluding hydrogens is 552 g/mol. The van der Waals surface area contributed by atoms with Gasteiger partial charge in [-0.2, -0.15) is 0 Å². The Morgan fingerprint density at radius 3 is 2.16 bits per heavy atom. The van der Waals surface area contributed by atoms with E-state index in [0.717, 1.165) is 17.7 Å². The number of ketones is 1. The van der Waals surface area contributed by atoms with Crippen molar-refractivity contribution < 1.29 is 23.9 Å². The van der Waals surface area contributed by atoms with Crippen LogP contribution >= 0.6 is 0 Å². The third-order valence-electron chi connectivity index (χ3n) is 7.74. The van der Waals surface area contributed by atoms with Crippen molar-refractivity contribution in [2.75, 3.05) is 32.1 Å². The number of amides is 1. The Balaban J connectivity index is 1.19. The van der Waals surface area contributed by atoms with Gasteiger partial charge in [0.05, 0.1) is 20.1 Å². The monoisotopic (exact) mass is 590 g/mol. The summed E-state index contributed by atoms with van der Waals surface area (Å²) in [6, 6.07) is 32.9. The maximum atomic E-state index is 13.2. The molecule has 0 aromatic heterocycles. The summed E-state index contributed by atoms with van der Waals surface area (Å²) in [4.78, 5) is 40.9. The minimum Gasteiger partial charge on any atom is -0.492 e. The van der Waals surface area contributed by atoms with E-state index in [2.05, 4.69) is 5.32 Å². The van der Waals surface area contributed by atoms with E-state index < -0.39 is 12.0 Å². The number of nitrogens with one attached hydrogen (secondary N) is 1. The van der Waals surface area contributed by atoms with Crippen molar-refractivity contribution in [2.45, 2.75) is 31.7 Å². The van der Waals surface area contributed by atoms with E-state index in [1.54, 1.807) is 30.3 Å². The summed E-state index contributed by atoms with van der Waals surface area (Å²) in [5.41, 5.74) is 3.54. The first-order chi connectivity index (χ1) is 21.5. The fourth-order valence-electron chi connectivity index (χ4n) is 5.12. The van der Waals surface area contributed by atoms with Crippen molar-refractivity contribution in [3.05, 3.63) is 131 Å². The van der Waals surface area contributed by atoms with Gasteiger partial charge in [0.2, 0.25) is 5.91 Å². The Hall–Kier alpha value is -4.91. The summed E-state index contributed by atoms with van der Waals surface area (Å²) in [6.45, 7) is 1.69. The predicted molar refractivity (Wildman–Crippen MR) is 171 cm³/mol. The van der Waals surface area contributed by atoms with Gasteiger partial charge in [-0.1, -0.05) is 84.9 Å². The predicted octanol–water partition coefficient (Wildman–Crippen LogP) is 5.97. The first kappa shape index (κ1) is 30.5. The molecule has 1 aliphatic rings. The molecule has 0 heterocycles. The second-order valence-electron chi connectivity index (χ2n) is 11.1. The summed E-state index contributed by atoms with van der Waals surface area (Å²) in [6.07, 6.45) is 3.09. The molecule has 0 aliphatic heterocycles. The number of hydrogen-bond acceptors (Lipinski definition) is 6. The molecule has 0 radical (unpaired) electrons. The van der Waals surface area contributed by atoms with Gasteiger partial charge in [-0.15, -0.1) is 0 Å². The molecule has 0 saturated heterocycles. The van der Waals surface area contributed by atoms with Crippen molar-refractivity contribution in [3.8, 4) is 5.75 Å². The van der Waals surface area contributed by atoms with Crippen molar-refractivity contribution in [1.82, 2.24) is 4.90 Å². The number of hydrogen-bond donors (Lipinski definition) is 1. The van der Waals surface area contributed by atoms with Crippen LogP contribution in [0.5, 0.6) is 5.75 Å². The molecule has 226 valence electrons. The molecule has 4 aromatic carbocycles. The molecule has 1 atom stereocenters. The minimum absolute atomic E-state index is 0.121. The Bertz CT molecular complexity index is 1540. The van der Waals surface area contributed by atoms with Crippen LogP contribution in [-0.2, 0) is 27.2 Å². The molecular formula is C37H38N2O5. The quantitative estimate of drug-likeness (QED) is 0.136. The lowest BCUT2D eigenvalue weighted by Crippen LogP contribution is -2.37. The van der Waals surface area contributed by atoms with E-state index >= 15 is 0 Å². The maximum absolute atomic E-state index is 13.2. The Kier molecular flexibility index (Phi) is 10.4. The SMILES string of the molecule is COC(=O)[C@H](Cc1ccc(OCCN(CC2CC2)C(=O)Cc2ccccc2)cc1)Nc1ccccc1C(=O)c1ccccc1. The van der Waals surface area contributed by atoms with Gasteiger partial charge in [-0.3, -0.25) is 9.59 Å². The molecule has 5 rings (SSSR count). The first-order valence-electron chi connectivity index (χ1n) is 15.1. The maximum Gasteiger partial charge on any atom is 0.328 e. The van der Waals surface area contributed by atoms with Crippen LogP contribution in [0, 0.1) is 5.92 Å². The number of benzene rings is 4. The number of para-hydroxylation sites is 1. The van der Waals surface area contributed by atoms with E-state index in [-0.39, 0.29) is 11.7 Å². The highest BCUT2D eigenvalue weighted by atomic mass is 16.5. The average Bonchev–Trinajstić information content (AvgIpc) is 3.89. The van der Waals surface area contributed by atoms with Crippen LogP contribution in [0.3, 0.4) is 0 Å². The Morgan fingerprint density at radius 1 is 0.818 bits per heavy atom. The molecule has 1 amide bonds. The topological polar surface area (TPSA) is 84.9 Å². The second kappa shape index (κ2) is 15.0. The molecule has 4 aromatic rings. The lowest BCUT2D eigenvalue weighted by molar-refractivity contribution is -0.141. The highest BCUT2D eigenvalue weighted by Crippen LogP contribution is 2.30. The number of esters is 1. The molecule has 1 saturated carbocycles. The molecule has 0 bridgehead atoms. The molecule has 0 unspecified atom stereocenters. The van der Waals surface area contributed by atoms with Gasteiger partial charge in [0.15, 0.2) is 5.78 Å². The van der Waals surface area contributed by atoms with Gasteiger partial charge in [0.25, 0.3) is 0 Å². The number of carbonyl (C=O) groups is 3. The van der Waals surface area contributed by atoms with Crippen molar-refractivity contribution in [1.29, 1.82) is 0 Å². The summed E-state index contributed by atoms with van der Waals surface area (Å²) in [7, 11) is 1.35. The first-order valence-corrected chi connectivity index (χ1v) is 15.1. The molecule has 7 heteroatoms. The lowest BCUT2D eigenvalue weighted by Gasteiger charge is -2.23. The summed E-state index contributed by atoms with van der Waals surface area (Å²) in [5, 5.41) is 3.24. The van der Waals surface area contributed by atoms with Gasteiger partial charge in [-0.05, 0) is 54.2 Å². The summed E-state index contributed by atoms with van der Waals surface area (Å²) >= 11 is 0. The van der Waals surface area contributed by atoms with Crippen LogP contribution in [0.2, 0.25) is 0 Å². The van der Waals surface area contributed by atoms with Gasteiger partial charge in [-0.25, -0.2) is 4.79 Å². The van der Waals surface area contributed by atoms with Gasteiger partial charge >= 0.3 is 5.97 Å². The Morgan fingerprint density at radius 2 is 1.48 bits per heavy atom. The standard InChI is InChI=1S/C37H38N2O5/c1-43-37(42)34(38-33-15-9-8-14-32(33)36(41)30-12-6-3-7-13-30)24-28-18-20-31(21-19-28)44-23-22-39(26-29-16-17-29)35(40)25-27-10-4-2-5-11-27/h2-15,18-21,29,34,38H,16-17,22-26H2,1H3/t34-/m0/s1. The number of nitrogens with zero attached hydrogens (tertiary/aromatic N) is 1. The summed E-state index contributed by atoms with van der Waals surface area (Å²) < 4.78 is 11.1. The molecule has 44 heavy (non-hydrogen) atoms. The largest absolute Gasteiger partial charge is 0.492 e. The number of anilines is 1. The third kappa shape index (κ3) is 8.57. The zero-order valence-corrected chi connectivity index (χ0v) is 25.0. The van der Waals surface area contributed by atoms with Crippen LogP contribution in [0.4, 0.5) is 5.69 Å².